The third-order valence-electron chi connectivity index (χ3n) is 4.29. The smallest absolute Gasteiger partial charge is 0.163 e. The Balaban J connectivity index is 1.72. The molecule has 3 heterocycles. The topological polar surface area (TPSA) is 62.1 Å². The Morgan fingerprint density at radius 2 is 2.12 bits per heavy atom. The number of aliphatic hydroxyl groups excluding tert-OH is 1. The minimum Gasteiger partial charge on any atom is -0.391 e. The summed E-state index contributed by atoms with van der Waals surface area (Å²) in [6, 6.07) is 8.39. The molecule has 0 aliphatic carbocycles. The maximum Gasteiger partial charge on any atom is 0.163 e. The van der Waals surface area contributed by atoms with Crippen LogP contribution in [0, 0.1) is 5.82 Å². The van der Waals surface area contributed by atoms with Crippen LogP contribution in [0.5, 0.6) is 0 Å². The number of aromatic nitrogens is 3. The summed E-state index contributed by atoms with van der Waals surface area (Å²) >= 11 is 0. The van der Waals surface area contributed by atoms with E-state index in [1.165, 1.54) is 6.07 Å². The summed E-state index contributed by atoms with van der Waals surface area (Å²) in [7, 11) is 0. The van der Waals surface area contributed by atoms with Crippen LogP contribution in [0.15, 0.2) is 42.7 Å². The predicted molar refractivity (Wildman–Crippen MR) is 90.2 cm³/mol. The van der Waals surface area contributed by atoms with E-state index in [1.54, 1.807) is 30.6 Å². The van der Waals surface area contributed by atoms with Gasteiger partial charge >= 0.3 is 0 Å². The van der Waals surface area contributed by atoms with Crippen LogP contribution in [0.2, 0.25) is 0 Å². The highest BCUT2D eigenvalue weighted by Gasteiger charge is 2.19. The summed E-state index contributed by atoms with van der Waals surface area (Å²) in [5, 5.41) is 10.3. The molecule has 3 aromatic rings. The largest absolute Gasteiger partial charge is 0.391 e. The van der Waals surface area contributed by atoms with Gasteiger partial charge in [0, 0.05) is 36.4 Å². The van der Waals surface area contributed by atoms with E-state index in [4.69, 9.17) is 0 Å². The van der Waals surface area contributed by atoms with Gasteiger partial charge in [0.2, 0.25) is 0 Å². The maximum atomic E-state index is 14.0. The lowest BCUT2D eigenvalue weighted by Gasteiger charge is -2.31. The summed E-state index contributed by atoms with van der Waals surface area (Å²) < 4.78 is 14.0. The van der Waals surface area contributed by atoms with E-state index in [0.29, 0.717) is 28.8 Å². The van der Waals surface area contributed by atoms with Crippen molar-refractivity contribution in [2.24, 2.45) is 0 Å². The monoisotopic (exact) mass is 324 g/mol. The second-order valence-electron chi connectivity index (χ2n) is 6.01. The van der Waals surface area contributed by atoms with Crippen molar-refractivity contribution in [2.75, 3.05) is 18.0 Å². The number of halogens is 1. The summed E-state index contributed by atoms with van der Waals surface area (Å²) in [5.41, 5.74) is 1.28. The zero-order valence-corrected chi connectivity index (χ0v) is 13.1. The molecule has 1 N–H and O–H groups in total. The average Bonchev–Trinajstić information content (AvgIpc) is 2.62. The zero-order valence-electron chi connectivity index (χ0n) is 13.1. The van der Waals surface area contributed by atoms with Gasteiger partial charge in [0.15, 0.2) is 5.82 Å². The molecule has 24 heavy (non-hydrogen) atoms. The van der Waals surface area contributed by atoms with Gasteiger partial charge in [-0.15, -0.1) is 0 Å². The predicted octanol–water partition coefficient (Wildman–Crippen LogP) is 2.79. The highest BCUT2D eigenvalue weighted by Crippen LogP contribution is 2.24. The number of benzene rings is 1. The number of fused-ring (bicyclic) bond motifs is 1. The van der Waals surface area contributed by atoms with Gasteiger partial charge in [-0.3, -0.25) is 4.98 Å². The quantitative estimate of drug-likeness (QED) is 0.785. The minimum absolute atomic E-state index is 0.308. The fourth-order valence-corrected chi connectivity index (χ4v) is 3.06. The van der Waals surface area contributed by atoms with E-state index in [0.717, 1.165) is 25.2 Å². The van der Waals surface area contributed by atoms with Crippen molar-refractivity contribution < 1.29 is 9.50 Å². The van der Waals surface area contributed by atoms with Crippen molar-refractivity contribution in [3.63, 3.8) is 0 Å². The third-order valence-corrected chi connectivity index (χ3v) is 4.29. The molecule has 0 bridgehead atoms. The Bertz CT molecular complexity index is 886. The number of anilines is 1. The molecule has 6 heteroatoms. The summed E-state index contributed by atoms with van der Waals surface area (Å²) in [6.45, 7) is 1.43. The average molecular weight is 324 g/mol. The van der Waals surface area contributed by atoms with E-state index in [1.807, 2.05) is 6.07 Å². The fourth-order valence-electron chi connectivity index (χ4n) is 3.06. The molecule has 1 aromatic carbocycles. The number of hydrogen-bond acceptors (Lipinski definition) is 5. The molecule has 1 saturated heterocycles. The van der Waals surface area contributed by atoms with Crippen molar-refractivity contribution in [3.05, 3.63) is 48.5 Å². The summed E-state index contributed by atoms with van der Waals surface area (Å²) in [5.74, 6) is 0.967. The highest BCUT2D eigenvalue weighted by molar-refractivity contribution is 5.83. The first-order chi connectivity index (χ1) is 11.7. The Hall–Kier alpha value is -2.60. The van der Waals surface area contributed by atoms with Crippen molar-refractivity contribution in [1.82, 2.24) is 15.0 Å². The lowest BCUT2D eigenvalue weighted by molar-refractivity contribution is 0.154. The molecule has 5 nitrogen and oxygen atoms in total. The lowest BCUT2D eigenvalue weighted by Crippen LogP contribution is -2.38. The normalized spacial score (nSPS) is 18.1. The van der Waals surface area contributed by atoms with Crippen LogP contribution in [-0.4, -0.2) is 39.3 Å². The Morgan fingerprint density at radius 3 is 3.00 bits per heavy atom. The van der Waals surface area contributed by atoms with Crippen LogP contribution in [0.3, 0.4) is 0 Å². The van der Waals surface area contributed by atoms with Crippen LogP contribution in [0.1, 0.15) is 12.8 Å². The van der Waals surface area contributed by atoms with Gasteiger partial charge in [0.05, 0.1) is 11.6 Å². The summed E-state index contributed by atoms with van der Waals surface area (Å²) in [4.78, 5) is 15.2. The first kappa shape index (κ1) is 15.0. The molecule has 0 amide bonds. The van der Waals surface area contributed by atoms with Crippen molar-refractivity contribution in [1.29, 1.82) is 0 Å². The van der Waals surface area contributed by atoms with Crippen molar-refractivity contribution in [2.45, 2.75) is 18.9 Å². The van der Waals surface area contributed by atoms with E-state index < -0.39 is 0 Å². The number of aliphatic hydroxyl groups is 1. The fraction of sp³-hybridized carbons (Fsp3) is 0.278. The van der Waals surface area contributed by atoms with Gasteiger partial charge < -0.3 is 10.0 Å². The molecule has 0 saturated carbocycles. The van der Waals surface area contributed by atoms with E-state index in [2.05, 4.69) is 19.9 Å². The molecule has 0 spiro atoms. The van der Waals surface area contributed by atoms with E-state index in [9.17, 15) is 9.50 Å². The number of piperidine rings is 1. The number of nitrogens with zero attached hydrogens (tertiary/aromatic N) is 4. The standard InChI is InChI=1S/C18H17FN4O/c19-15-4-1-5-16-14(15)9-12(10-21-16)18-20-7-6-17(22-18)23-8-2-3-13(24)11-23/h1,4-7,9-10,13,24H,2-3,8,11H2. The SMILES string of the molecule is OC1CCCN(c2ccnc(-c3cnc4cccc(F)c4c3)n2)C1. The summed E-state index contributed by atoms with van der Waals surface area (Å²) in [6.07, 6.45) is 4.77. The molecule has 1 atom stereocenters. The minimum atomic E-state index is -0.325. The molecular formula is C18H17FN4O. The van der Waals surface area contributed by atoms with Crippen LogP contribution in [-0.2, 0) is 0 Å². The third kappa shape index (κ3) is 2.80. The Labute approximate surface area is 138 Å². The molecular weight excluding hydrogens is 307 g/mol. The van der Waals surface area contributed by atoms with Crippen LogP contribution < -0.4 is 4.90 Å². The molecule has 0 radical (unpaired) electrons. The molecule has 1 fully saturated rings. The molecule has 1 aliphatic rings. The van der Waals surface area contributed by atoms with Gasteiger partial charge in [0.1, 0.15) is 11.6 Å². The van der Waals surface area contributed by atoms with Crippen LogP contribution in [0.4, 0.5) is 10.2 Å². The van der Waals surface area contributed by atoms with E-state index >= 15 is 0 Å². The molecule has 1 aliphatic heterocycles. The van der Waals surface area contributed by atoms with E-state index in [-0.39, 0.29) is 11.9 Å². The Morgan fingerprint density at radius 1 is 1.21 bits per heavy atom. The van der Waals surface area contributed by atoms with Gasteiger partial charge in [0.25, 0.3) is 0 Å². The molecule has 2 aromatic heterocycles. The zero-order chi connectivity index (χ0) is 16.5. The number of hydrogen-bond donors (Lipinski definition) is 1. The first-order valence-corrected chi connectivity index (χ1v) is 8.01. The van der Waals surface area contributed by atoms with Crippen molar-refractivity contribution in [3.8, 4) is 11.4 Å². The molecule has 1 unspecified atom stereocenters. The number of pyridine rings is 1. The Kier molecular flexibility index (Phi) is 3.82. The van der Waals surface area contributed by atoms with Gasteiger partial charge in [-0.05, 0) is 37.1 Å². The second kappa shape index (κ2) is 6.13. The molecule has 4 rings (SSSR count). The first-order valence-electron chi connectivity index (χ1n) is 8.01. The van der Waals surface area contributed by atoms with Crippen LogP contribution >= 0.6 is 0 Å². The van der Waals surface area contributed by atoms with Gasteiger partial charge in [-0.1, -0.05) is 6.07 Å². The van der Waals surface area contributed by atoms with Gasteiger partial charge in [-0.2, -0.15) is 0 Å². The highest BCUT2D eigenvalue weighted by atomic mass is 19.1. The maximum absolute atomic E-state index is 14.0. The van der Waals surface area contributed by atoms with Crippen LogP contribution in [0.25, 0.3) is 22.3 Å². The van der Waals surface area contributed by atoms with Gasteiger partial charge in [-0.25, -0.2) is 14.4 Å². The van der Waals surface area contributed by atoms with Crippen molar-refractivity contribution >= 4 is 16.7 Å². The molecule has 122 valence electrons. The number of rotatable bonds is 2. The lowest BCUT2D eigenvalue weighted by atomic mass is 10.1. The second-order valence-corrected chi connectivity index (χ2v) is 6.01. The number of β-amino-alcohol motifs (C(OH)–C–C–N with tert-alkyl or cyclic N) is 1.